The van der Waals surface area contributed by atoms with Crippen LogP contribution in [0.2, 0.25) is 0 Å². The summed E-state index contributed by atoms with van der Waals surface area (Å²) in [5.41, 5.74) is 1.49. The number of likely N-dealkylation sites (tertiary alicyclic amines) is 1. The Bertz CT molecular complexity index is 2200. The second kappa shape index (κ2) is 13.9. The van der Waals surface area contributed by atoms with Crippen LogP contribution in [-0.2, 0) is 22.7 Å². The summed E-state index contributed by atoms with van der Waals surface area (Å²) in [6, 6.07) is 5.50. The van der Waals surface area contributed by atoms with Gasteiger partial charge in [0, 0.05) is 62.8 Å². The van der Waals surface area contributed by atoms with Gasteiger partial charge in [-0.2, -0.15) is 0 Å². The number of hydrogen-bond acceptors (Lipinski definition) is 10. The molecule has 1 aliphatic carbocycles. The van der Waals surface area contributed by atoms with E-state index in [-0.39, 0.29) is 58.6 Å². The highest BCUT2D eigenvalue weighted by atomic mass is 19.1. The first kappa shape index (κ1) is 34.7. The van der Waals surface area contributed by atoms with E-state index in [1.165, 1.54) is 31.5 Å². The molecule has 0 unspecified atom stereocenters. The number of hydrogen-bond donors (Lipinski definition) is 1. The smallest absolute Gasteiger partial charge is 0.341 e. The number of ether oxygens (including phenoxy) is 1. The van der Waals surface area contributed by atoms with Crippen molar-refractivity contribution in [2.75, 3.05) is 49.7 Å². The van der Waals surface area contributed by atoms with E-state index in [0.29, 0.717) is 55.9 Å². The number of benzene rings is 2. The first-order valence-electron chi connectivity index (χ1n) is 18.0. The molecule has 1 N–H and O–H groups in total. The Hall–Kier alpha value is -5.38. The number of pyridine rings is 1. The van der Waals surface area contributed by atoms with Crippen molar-refractivity contribution in [1.29, 1.82) is 0 Å². The van der Waals surface area contributed by atoms with E-state index in [1.54, 1.807) is 27.1 Å². The number of carboxylic acids is 1. The number of rotatable bonds is 12. The van der Waals surface area contributed by atoms with E-state index >= 15 is 4.39 Å². The molecule has 16 heteroatoms. The van der Waals surface area contributed by atoms with Crippen LogP contribution in [0.15, 0.2) is 46.6 Å². The lowest BCUT2D eigenvalue weighted by atomic mass is 9.92. The molecule has 2 aromatic carbocycles. The number of oxime groups is 1. The van der Waals surface area contributed by atoms with Gasteiger partial charge in [0.2, 0.25) is 5.43 Å². The molecule has 3 aliphatic heterocycles. The molecule has 2 atom stereocenters. The number of piperidine rings is 1. The van der Waals surface area contributed by atoms with Crippen LogP contribution >= 0.6 is 0 Å². The van der Waals surface area contributed by atoms with Crippen molar-refractivity contribution < 1.29 is 33.1 Å². The van der Waals surface area contributed by atoms with Gasteiger partial charge < -0.3 is 29.0 Å². The Morgan fingerprint density at radius 1 is 1.09 bits per heavy atom. The zero-order chi connectivity index (χ0) is 37.0. The van der Waals surface area contributed by atoms with Crippen molar-refractivity contribution >= 4 is 39.9 Å². The zero-order valence-corrected chi connectivity index (χ0v) is 29.5. The van der Waals surface area contributed by atoms with E-state index < -0.39 is 23.0 Å². The topological polar surface area (TPSA) is 148 Å². The Morgan fingerprint density at radius 3 is 2.68 bits per heavy atom. The third-order valence-electron chi connectivity index (χ3n) is 10.7. The summed E-state index contributed by atoms with van der Waals surface area (Å²) >= 11 is 0. The molecule has 2 saturated heterocycles. The van der Waals surface area contributed by atoms with E-state index in [2.05, 4.69) is 20.4 Å². The number of aryl methyl sites for hydroxylation is 1. The summed E-state index contributed by atoms with van der Waals surface area (Å²) in [5.74, 6) is -2.24. The molecule has 0 radical (unpaired) electrons. The molecule has 1 amide bonds. The van der Waals surface area contributed by atoms with Crippen LogP contribution in [0.4, 0.5) is 20.2 Å². The second-order valence-corrected chi connectivity index (χ2v) is 14.1. The third-order valence-corrected chi connectivity index (χ3v) is 10.7. The van der Waals surface area contributed by atoms with Gasteiger partial charge in [-0.15, -0.1) is 5.10 Å². The Kier molecular flexibility index (Phi) is 9.08. The minimum absolute atomic E-state index is 0.00336. The van der Waals surface area contributed by atoms with Crippen molar-refractivity contribution in [3.8, 4) is 5.75 Å². The largest absolute Gasteiger partial charge is 0.492 e. The van der Waals surface area contributed by atoms with Crippen LogP contribution in [0, 0.1) is 17.6 Å². The third kappa shape index (κ3) is 6.28. The molecule has 0 spiro atoms. The molecule has 4 aliphatic rings. The number of aromatic nitrogens is 4. The van der Waals surface area contributed by atoms with E-state index in [4.69, 9.17) is 9.57 Å². The summed E-state index contributed by atoms with van der Waals surface area (Å²) in [6.07, 6.45) is 7.47. The number of fused-ring (bicyclic) bond motifs is 3. The zero-order valence-electron chi connectivity index (χ0n) is 29.5. The SMILES string of the molecule is CCO/N=C1/C(=O)N(CCCn2cc(CN3CCC[C@@H]4CN(c5c(F)cc6c(=O)c(C(=O)O)cn(C7CC7)c6c5OC)C[C@@H]43)nn2)c2ccc(F)cc21. The maximum absolute atomic E-state index is 16.1. The number of nitrogens with zero attached hydrogens (tertiary/aromatic N) is 8. The van der Waals surface area contributed by atoms with Crippen LogP contribution in [0.25, 0.3) is 10.9 Å². The van der Waals surface area contributed by atoms with Crippen molar-refractivity contribution in [1.82, 2.24) is 24.5 Å². The average Bonchev–Trinajstić information content (AvgIpc) is 3.64. The van der Waals surface area contributed by atoms with Gasteiger partial charge in [-0.25, -0.2) is 13.6 Å². The van der Waals surface area contributed by atoms with Gasteiger partial charge in [0.25, 0.3) is 5.91 Å². The summed E-state index contributed by atoms with van der Waals surface area (Å²) in [4.78, 5) is 49.3. The van der Waals surface area contributed by atoms with Gasteiger partial charge in [0.05, 0.1) is 29.4 Å². The van der Waals surface area contributed by atoms with Gasteiger partial charge in [0.1, 0.15) is 23.7 Å². The second-order valence-electron chi connectivity index (χ2n) is 14.1. The first-order chi connectivity index (χ1) is 25.7. The van der Waals surface area contributed by atoms with Gasteiger partial charge in [-0.1, -0.05) is 10.4 Å². The van der Waals surface area contributed by atoms with Gasteiger partial charge in [0.15, 0.2) is 17.3 Å². The van der Waals surface area contributed by atoms with Crippen LogP contribution in [-0.4, -0.2) is 93.1 Å². The lowest BCUT2D eigenvalue weighted by Gasteiger charge is -2.36. The molecule has 53 heavy (non-hydrogen) atoms. The molecule has 1 saturated carbocycles. The highest BCUT2D eigenvalue weighted by molar-refractivity contribution is 6.54. The number of carbonyl (C=O) groups excluding carboxylic acids is 1. The molecule has 4 aromatic rings. The maximum atomic E-state index is 16.1. The minimum atomic E-state index is -1.34. The van der Waals surface area contributed by atoms with E-state index in [1.807, 2.05) is 11.1 Å². The predicted octanol–water partition coefficient (Wildman–Crippen LogP) is 4.19. The number of aromatic carboxylic acids is 1. The fraction of sp³-hybridized carbons (Fsp3) is 0.459. The average molecular weight is 731 g/mol. The van der Waals surface area contributed by atoms with Crippen molar-refractivity contribution in [2.45, 2.75) is 64.2 Å². The number of carboxylic acid groups (broad SMARTS) is 1. The summed E-state index contributed by atoms with van der Waals surface area (Å²) in [5, 5.41) is 22.4. The van der Waals surface area contributed by atoms with E-state index in [0.717, 1.165) is 37.9 Å². The fourth-order valence-electron chi connectivity index (χ4n) is 8.22. The molecule has 278 valence electrons. The summed E-state index contributed by atoms with van der Waals surface area (Å²) in [7, 11) is 1.46. The lowest BCUT2D eigenvalue weighted by molar-refractivity contribution is -0.112. The number of methoxy groups -OCH3 is 1. The van der Waals surface area contributed by atoms with Gasteiger partial charge in [-0.05, 0) is 75.8 Å². The summed E-state index contributed by atoms with van der Waals surface area (Å²) < 4.78 is 39.5. The summed E-state index contributed by atoms with van der Waals surface area (Å²) in [6.45, 7) is 5.48. The quantitative estimate of drug-likeness (QED) is 0.211. The lowest BCUT2D eigenvalue weighted by Crippen LogP contribution is -2.44. The molecule has 3 fully saturated rings. The molecule has 0 bridgehead atoms. The number of amides is 1. The van der Waals surface area contributed by atoms with Crippen molar-refractivity contribution in [3.63, 3.8) is 0 Å². The number of anilines is 2. The molecular weight excluding hydrogens is 690 g/mol. The minimum Gasteiger partial charge on any atom is -0.492 e. The maximum Gasteiger partial charge on any atom is 0.341 e. The molecule has 8 rings (SSSR count). The standard InChI is InChI=1S/C37H40F2N8O6/c1-3-53-41-31-25-14-22(38)7-10-29(25)46(36(31)49)13-5-12-45-18-23(40-42-45)17-43-11-4-6-21-16-44(20-30(21)43)33-28(39)15-26-32(35(33)52-2)47(24-8-9-24)19-27(34(26)48)37(50)51/h7,10,14-15,18-19,21,24,30H,3-6,8-9,11-13,16-17,20H2,1-2H3,(H,50,51)/b41-31+/t21-,30+/m1/s1. The molecule has 14 nitrogen and oxygen atoms in total. The molecule has 2 aromatic heterocycles. The number of carbonyl (C=O) groups is 2. The van der Waals surface area contributed by atoms with Crippen molar-refractivity contribution in [3.05, 3.63) is 75.3 Å². The van der Waals surface area contributed by atoms with Gasteiger partial charge >= 0.3 is 5.97 Å². The highest BCUT2D eigenvalue weighted by Crippen LogP contribution is 2.45. The molecule has 5 heterocycles. The normalized spacial score (nSPS) is 20.8. The van der Waals surface area contributed by atoms with Crippen LogP contribution in [0.5, 0.6) is 5.75 Å². The first-order valence-corrected chi connectivity index (χ1v) is 18.0. The van der Waals surface area contributed by atoms with Crippen molar-refractivity contribution in [2.24, 2.45) is 11.1 Å². The van der Waals surface area contributed by atoms with Gasteiger partial charge in [-0.3, -0.25) is 19.2 Å². The fourth-order valence-corrected chi connectivity index (χ4v) is 8.22. The number of halogens is 2. The Morgan fingerprint density at radius 2 is 1.92 bits per heavy atom. The Balaban J connectivity index is 0.963. The predicted molar refractivity (Wildman–Crippen MR) is 191 cm³/mol. The van der Waals surface area contributed by atoms with E-state index in [9.17, 15) is 23.9 Å². The van der Waals surface area contributed by atoms with Crippen LogP contribution in [0.1, 0.15) is 66.7 Å². The molecular formula is C37H40F2N8O6. The Labute approximate surface area is 303 Å². The monoisotopic (exact) mass is 730 g/mol. The van der Waals surface area contributed by atoms with Crippen LogP contribution in [0.3, 0.4) is 0 Å². The van der Waals surface area contributed by atoms with Crippen LogP contribution < -0.4 is 20.0 Å². The highest BCUT2D eigenvalue weighted by Gasteiger charge is 2.42.